The average molecular weight is 322 g/mol. The van der Waals surface area contributed by atoms with Crippen LogP contribution < -0.4 is 5.32 Å². The van der Waals surface area contributed by atoms with Crippen LogP contribution in [-0.4, -0.2) is 23.8 Å². The third-order valence-corrected chi connectivity index (χ3v) is 4.18. The molecule has 21 heavy (non-hydrogen) atoms. The minimum Gasteiger partial charge on any atom is -0.378 e. The normalized spacial score (nSPS) is 10.6. The minimum atomic E-state index is -0.00898. The second kappa shape index (κ2) is 8.17. The van der Waals surface area contributed by atoms with Gasteiger partial charge in [0.25, 0.3) is 0 Å². The Morgan fingerprint density at radius 2 is 2.14 bits per heavy atom. The van der Waals surface area contributed by atoms with Gasteiger partial charge < -0.3 is 10.1 Å². The second-order valence-corrected chi connectivity index (χ2v) is 5.96. The van der Waals surface area contributed by atoms with E-state index in [9.17, 15) is 4.79 Å². The molecule has 1 aromatic carbocycles. The molecule has 2 rings (SSSR count). The van der Waals surface area contributed by atoms with Gasteiger partial charge in [0.15, 0.2) is 0 Å². The van der Waals surface area contributed by atoms with E-state index in [1.165, 1.54) is 0 Å². The zero-order chi connectivity index (χ0) is 15.1. The molecule has 1 aromatic heterocycles. The van der Waals surface area contributed by atoms with E-state index in [0.29, 0.717) is 25.3 Å². The predicted octanol–water partition coefficient (Wildman–Crippen LogP) is 2.89. The molecule has 0 saturated carbocycles. The first-order valence-corrected chi connectivity index (χ1v) is 8.10. The van der Waals surface area contributed by atoms with E-state index < -0.39 is 0 Å². The Labute approximate surface area is 134 Å². The molecule has 0 atom stereocenters. The molecule has 0 bridgehead atoms. The maximum atomic E-state index is 11.6. The predicted molar refractivity (Wildman–Crippen MR) is 88.6 cm³/mol. The van der Waals surface area contributed by atoms with Gasteiger partial charge in [0.2, 0.25) is 5.91 Å². The molecule has 6 heteroatoms. The number of benzene rings is 1. The summed E-state index contributed by atoms with van der Waals surface area (Å²) < 4.78 is 5.15. The van der Waals surface area contributed by atoms with Crippen molar-refractivity contribution in [2.24, 2.45) is 0 Å². The van der Waals surface area contributed by atoms with E-state index in [1.54, 1.807) is 18.4 Å². The summed E-state index contributed by atoms with van der Waals surface area (Å²) in [5.74, 6) is 0.536. The van der Waals surface area contributed by atoms with Crippen molar-refractivity contribution in [1.29, 1.82) is 0 Å². The molecule has 1 heterocycles. The number of carbonyl (C=O) groups excluding carboxylic acids is 1. The number of carbonyl (C=O) groups is 1. The largest absolute Gasteiger partial charge is 0.378 e. The van der Waals surface area contributed by atoms with Gasteiger partial charge in [-0.05, 0) is 11.3 Å². The van der Waals surface area contributed by atoms with E-state index in [2.05, 4.69) is 22.9 Å². The van der Waals surface area contributed by atoms with E-state index in [4.69, 9.17) is 4.74 Å². The first-order valence-electron chi connectivity index (χ1n) is 6.65. The lowest BCUT2D eigenvalue weighted by Crippen LogP contribution is -2.23. The lowest BCUT2D eigenvalue weighted by atomic mass is 10.1. The quantitative estimate of drug-likeness (QED) is 0.771. The fourth-order valence-corrected chi connectivity index (χ4v) is 3.15. The zero-order valence-corrected chi connectivity index (χ0v) is 13.5. The Kier molecular flexibility index (Phi) is 6.22. The van der Waals surface area contributed by atoms with Crippen molar-refractivity contribution in [3.05, 3.63) is 41.0 Å². The molecule has 4 nitrogen and oxygen atoms in total. The number of nitrogens with zero attached hydrogens (tertiary/aromatic N) is 1. The summed E-state index contributed by atoms with van der Waals surface area (Å²) in [7, 11) is 1.65. The summed E-state index contributed by atoms with van der Waals surface area (Å²) >= 11 is 5.66. The van der Waals surface area contributed by atoms with Crippen LogP contribution in [0.1, 0.15) is 17.1 Å². The van der Waals surface area contributed by atoms with Crippen molar-refractivity contribution in [3.8, 4) is 10.4 Å². The number of hydrogen-bond acceptors (Lipinski definition) is 5. The molecular weight excluding hydrogens is 304 g/mol. The molecular formula is C15H18N2O2S2. The van der Waals surface area contributed by atoms with Crippen molar-refractivity contribution >= 4 is 29.9 Å². The molecule has 0 fully saturated rings. The van der Waals surface area contributed by atoms with Gasteiger partial charge in [-0.25, -0.2) is 4.98 Å². The van der Waals surface area contributed by atoms with Crippen molar-refractivity contribution in [3.63, 3.8) is 0 Å². The van der Waals surface area contributed by atoms with Gasteiger partial charge in [0.05, 0.1) is 23.7 Å². The van der Waals surface area contributed by atoms with Crippen LogP contribution in [0.5, 0.6) is 0 Å². The molecule has 0 unspecified atom stereocenters. The van der Waals surface area contributed by atoms with Gasteiger partial charge in [-0.15, -0.1) is 11.3 Å². The molecule has 0 aliphatic rings. The van der Waals surface area contributed by atoms with E-state index >= 15 is 0 Å². The number of nitrogens with one attached hydrogen (secondary N) is 1. The van der Waals surface area contributed by atoms with Crippen molar-refractivity contribution in [2.45, 2.75) is 19.6 Å². The van der Waals surface area contributed by atoms with Crippen LogP contribution in [0, 0.1) is 0 Å². The highest BCUT2D eigenvalue weighted by Gasteiger charge is 2.13. The third-order valence-electron chi connectivity index (χ3n) is 2.84. The SMILES string of the molecule is COCc1nc(CNC(=O)CCS)c(-c2ccccc2)s1. The third kappa shape index (κ3) is 4.56. The number of hydrogen-bond donors (Lipinski definition) is 2. The van der Waals surface area contributed by atoms with Crippen molar-refractivity contribution < 1.29 is 9.53 Å². The van der Waals surface area contributed by atoms with E-state index in [0.717, 1.165) is 21.1 Å². The zero-order valence-electron chi connectivity index (χ0n) is 11.8. The molecule has 0 aliphatic heterocycles. The molecule has 0 saturated heterocycles. The van der Waals surface area contributed by atoms with E-state index in [1.807, 2.05) is 30.3 Å². The Balaban J connectivity index is 2.20. The molecule has 112 valence electrons. The Bertz CT molecular complexity index is 585. The van der Waals surface area contributed by atoms with Gasteiger partial charge in [-0.2, -0.15) is 12.6 Å². The fraction of sp³-hybridized carbons (Fsp3) is 0.333. The summed E-state index contributed by atoms with van der Waals surface area (Å²) in [5, 5.41) is 3.79. The number of methoxy groups -OCH3 is 1. The highest BCUT2D eigenvalue weighted by molar-refractivity contribution is 7.80. The van der Waals surface area contributed by atoms with Crippen LogP contribution in [-0.2, 0) is 22.7 Å². The summed E-state index contributed by atoms with van der Waals surface area (Å²) in [6, 6.07) is 10.1. The van der Waals surface area contributed by atoms with Gasteiger partial charge >= 0.3 is 0 Å². The van der Waals surface area contributed by atoms with Gasteiger partial charge in [-0.1, -0.05) is 30.3 Å². The molecule has 1 amide bonds. The number of ether oxygens (including phenoxy) is 1. The first kappa shape index (κ1) is 16.0. The second-order valence-electron chi connectivity index (χ2n) is 4.43. The molecule has 0 spiro atoms. The Morgan fingerprint density at radius 1 is 1.38 bits per heavy atom. The number of aromatic nitrogens is 1. The standard InChI is InChI=1S/C15H18N2O2S2/c1-19-10-14-17-12(9-16-13(18)7-8-20)15(21-14)11-5-3-2-4-6-11/h2-6,20H,7-10H2,1H3,(H,16,18). The number of rotatable bonds is 7. The summed E-state index contributed by atoms with van der Waals surface area (Å²) in [6.45, 7) is 0.909. The topological polar surface area (TPSA) is 51.2 Å². The van der Waals surface area contributed by atoms with Gasteiger partial charge in [0, 0.05) is 13.5 Å². The summed E-state index contributed by atoms with van der Waals surface area (Å²) in [5.41, 5.74) is 1.99. The van der Waals surface area contributed by atoms with Crippen LogP contribution >= 0.6 is 24.0 Å². The van der Waals surface area contributed by atoms with Crippen molar-refractivity contribution in [1.82, 2.24) is 10.3 Å². The summed E-state index contributed by atoms with van der Waals surface area (Å²) in [4.78, 5) is 17.2. The van der Waals surface area contributed by atoms with Gasteiger partial charge in [-0.3, -0.25) is 4.79 Å². The van der Waals surface area contributed by atoms with Crippen LogP contribution in [0.4, 0.5) is 0 Å². The van der Waals surface area contributed by atoms with Crippen LogP contribution in [0.25, 0.3) is 10.4 Å². The number of thiol groups is 1. The maximum absolute atomic E-state index is 11.6. The fourth-order valence-electron chi connectivity index (χ4n) is 1.89. The van der Waals surface area contributed by atoms with E-state index in [-0.39, 0.29) is 5.91 Å². The molecule has 0 radical (unpaired) electrons. The van der Waals surface area contributed by atoms with Gasteiger partial charge in [0.1, 0.15) is 5.01 Å². The lowest BCUT2D eigenvalue weighted by molar-refractivity contribution is -0.120. The highest BCUT2D eigenvalue weighted by Crippen LogP contribution is 2.30. The monoisotopic (exact) mass is 322 g/mol. The van der Waals surface area contributed by atoms with Crippen LogP contribution in [0.15, 0.2) is 30.3 Å². The number of thiazole rings is 1. The molecule has 0 aliphatic carbocycles. The van der Waals surface area contributed by atoms with Crippen LogP contribution in [0.2, 0.25) is 0 Å². The highest BCUT2D eigenvalue weighted by atomic mass is 32.1. The molecule has 1 N–H and O–H groups in total. The Morgan fingerprint density at radius 3 is 2.81 bits per heavy atom. The van der Waals surface area contributed by atoms with Crippen LogP contribution in [0.3, 0.4) is 0 Å². The summed E-state index contributed by atoms with van der Waals surface area (Å²) in [6.07, 6.45) is 0.416. The lowest BCUT2D eigenvalue weighted by Gasteiger charge is -2.04. The molecule has 2 aromatic rings. The van der Waals surface area contributed by atoms with Crippen molar-refractivity contribution in [2.75, 3.05) is 12.9 Å². The Hall–Kier alpha value is -1.37. The minimum absolute atomic E-state index is 0.00898. The first-order chi connectivity index (χ1) is 10.2. The number of amides is 1. The smallest absolute Gasteiger partial charge is 0.221 e. The average Bonchev–Trinajstić information content (AvgIpc) is 2.90. The maximum Gasteiger partial charge on any atom is 0.221 e.